The average molecular weight is 322 g/mol. The van der Waals surface area contributed by atoms with Crippen molar-refractivity contribution < 1.29 is 15.0 Å². The summed E-state index contributed by atoms with van der Waals surface area (Å²) in [6.45, 7) is 8.04. The normalized spacial score (nSPS) is 26.0. The minimum atomic E-state index is -0.664. The van der Waals surface area contributed by atoms with Crippen LogP contribution in [-0.2, 0) is 4.79 Å². The zero-order chi connectivity index (χ0) is 17.5. The van der Waals surface area contributed by atoms with E-state index in [0.29, 0.717) is 0 Å². The molecule has 1 aliphatic carbocycles. The number of carbonyl (C=O) groups is 1. The SMILES string of the molecule is CC1=CCC(C(C)(C)O)CCC(C)=CCCC(C(=O)O)CCC1. The van der Waals surface area contributed by atoms with Gasteiger partial charge in [0.1, 0.15) is 0 Å². The Kier molecular flexibility index (Phi) is 8.04. The van der Waals surface area contributed by atoms with Gasteiger partial charge in [-0.1, -0.05) is 23.3 Å². The quantitative estimate of drug-likeness (QED) is 0.695. The minimum absolute atomic E-state index is 0.223. The fourth-order valence-electron chi connectivity index (χ4n) is 3.26. The minimum Gasteiger partial charge on any atom is -0.481 e. The summed E-state index contributed by atoms with van der Waals surface area (Å²) in [6, 6.07) is 0. The summed E-state index contributed by atoms with van der Waals surface area (Å²) in [7, 11) is 0. The van der Waals surface area contributed by atoms with Crippen LogP contribution >= 0.6 is 0 Å². The van der Waals surface area contributed by atoms with Gasteiger partial charge >= 0.3 is 5.97 Å². The second kappa shape index (κ2) is 9.27. The van der Waals surface area contributed by atoms with E-state index in [1.54, 1.807) is 0 Å². The van der Waals surface area contributed by atoms with Crippen LogP contribution in [0.25, 0.3) is 0 Å². The summed E-state index contributed by atoms with van der Waals surface area (Å²) in [4.78, 5) is 11.3. The fraction of sp³-hybridized carbons (Fsp3) is 0.750. The smallest absolute Gasteiger partial charge is 0.306 e. The fourth-order valence-corrected chi connectivity index (χ4v) is 3.26. The van der Waals surface area contributed by atoms with E-state index in [1.807, 2.05) is 13.8 Å². The Labute approximate surface area is 141 Å². The van der Waals surface area contributed by atoms with Crippen molar-refractivity contribution in [1.29, 1.82) is 0 Å². The van der Waals surface area contributed by atoms with E-state index in [0.717, 1.165) is 51.4 Å². The van der Waals surface area contributed by atoms with Crippen molar-refractivity contribution in [2.75, 3.05) is 0 Å². The molecule has 2 unspecified atom stereocenters. The lowest BCUT2D eigenvalue weighted by molar-refractivity contribution is -0.142. The maximum absolute atomic E-state index is 11.3. The lowest BCUT2D eigenvalue weighted by atomic mass is 9.82. The monoisotopic (exact) mass is 322 g/mol. The molecule has 1 rings (SSSR count). The molecule has 23 heavy (non-hydrogen) atoms. The Morgan fingerprint density at radius 2 is 1.74 bits per heavy atom. The van der Waals surface area contributed by atoms with Gasteiger partial charge in [-0.3, -0.25) is 4.79 Å². The van der Waals surface area contributed by atoms with Crippen LogP contribution in [0.5, 0.6) is 0 Å². The van der Waals surface area contributed by atoms with Crippen LogP contribution in [0.3, 0.4) is 0 Å². The Hall–Kier alpha value is -1.09. The molecule has 0 bridgehead atoms. The predicted molar refractivity (Wildman–Crippen MR) is 95.4 cm³/mol. The van der Waals surface area contributed by atoms with Crippen molar-refractivity contribution in [2.45, 2.75) is 84.7 Å². The van der Waals surface area contributed by atoms with Gasteiger partial charge in [0.05, 0.1) is 11.5 Å². The standard InChI is InChI=1S/C20H34O3/c1-15-7-5-9-17(19(21)22)10-6-8-16(2)12-14-18(13-11-15)20(3,4)23/h7,12,17-18,23H,5-6,8-11,13-14H2,1-4H3,(H,21,22). The molecule has 0 aromatic rings. The number of hydrogen-bond donors (Lipinski definition) is 2. The molecule has 0 aromatic carbocycles. The Bertz CT molecular complexity index is 440. The van der Waals surface area contributed by atoms with Crippen molar-refractivity contribution in [2.24, 2.45) is 11.8 Å². The van der Waals surface area contributed by atoms with Crippen molar-refractivity contribution in [3.63, 3.8) is 0 Å². The van der Waals surface area contributed by atoms with Crippen LogP contribution in [0.4, 0.5) is 0 Å². The predicted octanol–water partition coefficient (Wildman–Crippen LogP) is 5.10. The van der Waals surface area contributed by atoms with Crippen molar-refractivity contribution in [3.05, 3.63) is 23.3 Å². The first-order chi connectivity index (χ1) is 10.7. The van der Waals surface area contributed by atoms with Gasteiger partial charge in [-0.15, -0.1) is 0 Å². The van der Waals surface area contributed by atoms with Crippen molar-refractivity contribution >= 4 is 5.97 Å². The lowest BCUT2D eigenvalue weighted by Gasteiger charge is -2.29. The highest BCUT2D eigenvalue weighted by Crippen LogP contribution is 2.29. The number of carboxylic acids is 1. The summed E-state index contributed by atoms with van der Waals surface area (Å²) in [5.41, 5.74) is 1.96. The molecule has 0 spiro atoms. The maximum Gasteiger partial charge on any atom is 0.306 e. The molecule has 132 valence electrons. The molecule has 1 aliphatic rings. The summed E-state index contributed by atoms with van der Waals surface area (Å²) in [6.07, 6.45) is 11.5. The van der Waals surface area contributed by atoms with E-state index in [4.69, 9.17) is 0 Å². The average Bonchev–Trinajstić information content (AvgIpc) is 2.43. The summed E-state index contributed by atoms with van der Waals surface area (Å²) in [5, 5.41) is 19.7. The third-order valence-electron chi connectivity index (χ3n) is 5.12. The largest absolute Gasteiger partial charge is 0.481 e. The highest BCUT2D eigenvalue weighted by atomic mass is 16.4. The van der Waals surface area contributed by atoms with Gasteiger partial charge < -0.3 is 10.2 Å². The molecule has 3 heteroatoms. The van der Waals surface area contributed by atoms with E-state index in [2.05, 4.69) is 26.0 Å². The van der Waals surface area contributed by atoms with E-state index in [1.165, 1.54) is 11.1 Å². The molecule has 0 heterocycles. The zero-order valence-electron chi connectivity index (χ0n) is 15.3. The van der Waals surface area contributed by atoms with E-state index in [9.17, 15) is 15.0 Å². The molecule has 0 fully saturated rings. The lowest BCUT2D eigenvalue weighted by Crippen LogP contribution is -2.30. The van der Waals surface area contributed by atoms with Crippen LogP contribution in [-0.4, -0.2) is 21.8 Å². The Morgan fingerprint density at radius 3 is 2.35 bits per heavy atom. The van der Waals surface area contributed by atoms with E-state index in [-0.39, 0.29) is 11.8 Å². The first-order valence-corrected chi connectivity index (χ1v) is 8.96. The first kappa shape index (κ1) is 20.0. The number of aliphatic hydroxyl groups is 1. The Balaban J connectivity index is 2.82. The van der Waals surface area contributed by atoms with Gasteiger partial charge in [0.15, 0.2) is 0 Å². The topological polar surface area (TPSA) is 57.5 Å². The summed E-state index contributed by atoms with van der Waals surface area (Å²) >= 11 is 0. The number of aliphatic carboxylic acids is 1. The molecule has 3 nitrogen and oxygen atoms in total. The van der Waals surface area contributed by atoms with Crippen LogP contribution in [0.15, 0.2) is 23.3 Å². The van der Waals surface area contributed by atoms with Crippen LogP contribution in [0.1, 0.15) is 79.1 Å². The van der Waals surface area contributed by atoms with Gasteiger partial charge in [0.25, 0.3) is 0 Å². The van der Waals surface area contributed by atoms with Crippen LogP contribution < -0.4 is 0 Å². The molecule has 0 aromatic heterocycles. The number of carboxylic acid groups (broad SMARTS) is 1. The molecule has 0 radical (unpaired) electrons. The summed E-state index contributed by atoms with van der Waals surface area (Å²) in [5.74, 6) is -0.624. The van der Waals surface area contributed by atoms with Gasteiger partial charge in [0.2, 0.25) is 0 Å². The highest BCUT2D eigenvalue weighted by molar-refractivity contribution is 5.69. The van der Waals surface area contributed by atoms with Crippen LogP contribution in [0.2, 0.25) is 0 Å². The third-order valence-corrected chi connectivity index (χ3v) is 5.12. The molecule has 0 saturated carbocycles. The second-order valence-corrected chi connectivity index (χ2v) is 7.73. The first-order valence-electron chi connectivity index (χ1n) is 8.96. The summed E-state index contributed by atoms with van der Waals surface area (Å²) < 4.78 is 0. The van der Waals surface area contributed by atoms with E-state index < -0.39 is 11.6 Å². The second-order valence-electron chi connectivity index (χ2n) is 7.73. The maximum atomic E-state index is 11.3. The van der Waals surface area contributed by atoms with E-state index >= 15 is 0 Å². The van der Waals surface area contributed by atoms with Crippen molar-refractivity contribution in [1.82, 2.24) is 0 Å². The molecular weight excluding hydrogens is 288 g/mol. The van der Waals surface area contributed by atoms with Crippen molar-refractivity contribution in [3.8, 4) is 0 Å². The van der Waals surface area contributed by atoms with Gasteiger partial charge in [0, 0.05) is 0 Å². The van der Waals surface area contributed by atoms with Gasteiger partial charge in [-0.2, -0.15) is 0 Å². The number of rotatable bonds is 2. The molecular formula is C20H34O3. The molecule has 0 saturated heterocycles. The Morgan fingerprint density at radius 1 is 1.09 bits per heavy atom. The van der Waals surface area contributed by atoms with Gasteiger partial charge in [-0.25, -0.2) is 0 Å². The molecule has 0 aliphatic heterocycles. The highest BCUT2D eigenvalue weighted by Gasteiger charge is 2.25. The van der Waals surface area contributed by atoms with Gasteiger partial charge in [-0.05, 0) is 85.0 Å². The number of allylic oxidation sites excluding steroid dienone is 4. The number of hydrogen-bond acceptors (Lipinski definition) is 2. The molecule has 2 N–H and O–H groups in total. The molecule has 2 atom stereocenters. The molecule has 0 amide bonds. The zero-order valence-corrected chi connectivity index (χ0v) is 15.3. The van der Waals surface area contributed by atoms with Crippen LogP contribution in [0, 0.1) is 11.8 Å². The third kappa shape index (κ3) is 7.83.